The minimum Gasteiger partial charge on any atom is -0.438 e. The summed E-state index contributed by atoms with van der Waals surface area (Å²) in [6.45, 7) is 6.20. The van der Waals surface area contributed by atoms with Crippen molar-refractivity contribution in [2.45, 2.75) is 20.8 Å². The average molecular weight is 231 g/mol. The van der Waals surface area contributed by atoms with Gasteiger partial charge in [-0.25, -0.2) is 4.98 Å². The van der Waals surface area contributed by atoms with Crippen molar-refractivity contribution < 1.29 is 9.21 Å². The van der Waals surface area contributed by atoms with E-state index in [1.54, 1.807) is 6.92 Å². The monoisotopic (exact) mass is 230 g/mol. The average Bonchev–Trinajstić information content (AvgIpc) is 2.61. The zero-order valence-corrected chi connectivity index (χ0v) is 9.89. The van der Waals surface area contributed by atoms with Gasteiger partial charge in [0, 0.05) is 12.4 Å². The van der Waals surface area contributed by atoms with E-state index < -0.39 is 0 Å². The lowest BCUT2D eigenvalue weighted by molar-refractivity contribution is 0.0911. The summed E-state index contributed by atoms with van der Waals surface area (Å²) in [4.78, 5) is 15.4. The van der Waals surface area contributed by atoms with Crippen LogP contribution in [0.2, 0.25) is 0 Å². The number of rotatable bonds is 4. The summed E-state index contributed by atoms with van der Waals surface area (Å²) in [5.74, 6) is 0.506. The number of carbonyl (C=O) groups is 1. The van der Waals surface area contributed by atoms with Crippen LogP contribution < -0.4 is 5.32 Å². The Kier molecular flexibility index (Phi) is 3.74. The van der Waals surface area contributed by atoms with Crippen molar-refractivity contribution in [2.75, 3.05) is 12.4 Å². The molecule has 0 aliphatic heterocycles. The van der Waals surface area contributed by atoms with Crippen LogP contribution in [0.25, 0.3) is 0 Å². The maximum atomic E-state index is 11.6. The first kappa shape index (κ1) is 12.0. The molecule has 0 unspecified atom stereocenters. The molecule has 1 N–H and O–H groups in total. The first-order valence-electron chi connectivity index (χ1n) is 4.70. The van der Waals surface area contributed by atoms with Crippen LogP contribution in [0.15, 0.2) is 10.8 Å². The molecule has 0 atom stereocenters. The molecule has 1 rings (SSSR count). The van der Waals surface area contributed by atoms with E-state index in [0.717, 1.165) is 0 Å². The summed E-state index contributed by atoms with van der Waals surface area (Å²) in [6.07, 6.45) is 1.26. The van der Waals surface area contributed by atoms with Gasteiger partial charge in [0.15, 0.2) is 6.39 Å². The highest BCUT2D eigenvalue weighted by molar-refractivity contribution is 6.18. The molecule has 1 aromatic rings. The third-order valence-electron chi connectivity index (χ3n) is 2.04. The number of halogens is 1. The van der Waals surface area contributed by atoms with Gasteiger partial charge in [-0.2, -0.15) is 0 Å². The van der Waals surface area contributed by atoms with Crippen LogP contribution in [0.4, 0.5) is 0 Å². The van der Waals surface area contributed by atoms with Gasteiger partial charge in [-0.05, 0) is 12.3 Å². The molecule has 0 bridgehead atoms. The van der Waals surface area contributed by atoms with Gasteiger partial charge in [-0.3, -0.25) is 4.79 Å². The molecule has 0 fully saturated rings. The van der Waals surface area contributed by atoms with Crippen molar-refractivity contribution in [3.63, 3.8) is 0 Å². The van der Waals surface area contributed by atoms with Crippen LogP contribution in [0.5, 0.6) is 0 Å². The molecular weight excluding hydrogens is 216 g/mol. The lowest BCUT2D eigenvalue weighted by Crippen LogP contribution is -2.35. The van der Waals surface area contributed by atoms with Crippen LogP contribution in [0, 0.1) is 12.3 Å². The molecule has 0 spiro atoms. The van der Waals surface area contributed by atoms with Crippen LogP contribution in [-0.2, 0) is 0 Å². The third kappa shape index (κ3) is 3.23. The fraction of sp³-hybridized carbons (Fsp3) is 0.600. The summed E-state index contributed by atoms with van der Waals surface area (Å²) in [6, 6.07) is 0. The number of carbonyl (C=O) groups excluding carboxylic acids is 1. The Morgan fingerprint density at radius 1 is 1.67 bits per heavy atom. The van der Waals surface area contributed by atoms with E-state index in [1.165, 1.54) is 6.39 Å². The molecule has 84 valence electrons. The number of amides is 1. The number of aryl methyl sites for hydroxylation is 1. The summed E-state index contributed by atoms with van der Waals surface area (Å²) in [5, 5.41) is 2.76. The van der Waals surface area contributed by atoms with Crippen molar-refractivity contribution >= 4 is 17.5 Å². The van der Waals surface area contributed by atoms with Crippen LogP contribution in [0.3, 0.4) is 0 Å². The Labute approximate surface area is 94.0 Å². The lowest BCUT2D eigenvalue weighted by Gasteiger charge is -2.21. The Balaban J connectivity index is 2.55. The van der Waals surface area contributed by atoms with Crippen molar-refractivity contribution in [3.05, 3.63) is 17.8 Å². The second-order valence-electron chi connectivity index (χ2n) is 4.25. The maximum absolute atomic E-state index is 11.6. The quantitative estimate of drug-likeness (QED) is 0.805. The summed E-state index contributed by atoms with van der Waals surface area (Å²) in [5.41, 5.74) is 0.474. The van der Waals surface area contributed by atoms with Crippen LogP contribution in [-0.4, -0.2) is 23.3 Å². The predicted molar refractivity (Wildman–Crippen MR) is 58.1 cm³/mol. The maximum Gasteiger partial charge on any atom is 0.289 e. The fourth-order valence-corrected chi connectivity index (χ4v) is 1.06. The highest BCUT2D eigenvalue weighted by Crippen LogP contribution is 2.15. The summed E-state index contributed by atoms with van der Waals surface area (Å²) >= 11 is 5.75. The molecule has 5 heteroatoms. The number of nitrogens with zero attached hydrogens (tertiary/aromatic N) is 1. The zero-order chi connectivity index (χ0) is 11.5. The van der Waals surface area contributed by atoms with Gasteiger partial charge >= 0.3 is 0 Å². The van der Waals surface area contributed by atoms with Crippen molar-refractivity contribution in [1.29, 1.82) is 0 Å². The number of nitrogens with one attached hydrogen (secondary N) is 1. The van der Waals surface area contributed by atoms with Gasteiger partial charge in [0.1, 0.15) is 0 Å². The third-order valence-corrected chi connectivity index (χ3v) is 2.76. The Morgan fingerprint density at radius 3 is 2.80 bits per heavy atom. The SMILES string of the molecule is Cc1ncoc1C(=O)NCC(C)(C)CCl. The predicted octanol–water partition coefficient (Wildman–Crippen LogP) is 1.98. The Morgan fingerprint density at radius 2 is 2.33 bits per heavy atom. The van der Waals surface area contributed by atoms with Crippen molar-refractivity contribution in [1.82, 2.24) is 10.3 Å². The minimum absolute atomic E-state index is 0.120. The first-order valence-corrected chi connectivity index (χ1v) is 5.24. The van der Waals surface area contributed by atoms with E-state index in [2.05, 4.69) is 10.3 Å². The number of hydrogen-bond acceptors (Lipinski definition) is 3. The summed E-state index contributed by atoms with van der Waals surface area (Å²) in [7, 11) is 0. The van der Waals surface area contributed by atoms with E-state index in [9.17, 15) is 4.79 Å². The van der Waals surface area contributed by atoms with Gasteiger partial charge in [0.2, 0.25) is 5.76 Å². The lowest BCUT2D eigenvalue weighted by atomic mass is 9.96. The van der Waals surface area contributed by atoms with Gasteiger partial charge in [0.25, 0.3) is 5.91 Å². The topological polar surface area (TPSA) is 55.1 Å². The Bertz CT molecular complexity index is 347. The van der Waals surface area contributed by atoms with E-state index in [4.69, 9.17) is 16.0 Å². The standard InChI is InChI=1S/C10H15ClN2O2/c1-7-8(15-6-13-7)9(14)12-5-10(2,3)4-11/h6H,4-5H2,1-3H3,(H,12,14). The smallest absolute Gasteiger partial charge is 0.289 e. The number of alkyl halides is 1. The minimum atomic E-state index is -0.247. The largest absolute Gasteiger partial charge is 0.438 e. The molecule has 0 aliphatic carbocycles. The van der Waals surface area contributed by atoms with E-state index in [0.29, 0.717) is 18.1 Å². The summed E-state index contributed by atoms with van der Waals surface area (Å²) < 4.78 is 4.97. The molecule has 0 saturated heterocycles. The highest BCUT2D eigenvalue weighted by Gasteiger charge is 2.20. The van der Waals surface area contributed by atoms with E-state index >= 15 is 0 Å². The number of aromatic nitrogens is 1. The molecule has 1 amide bonds. The highest BCUT2D eigenvalue weighted by atomic mass is 35.5. The Hall–Kier alpha value is -1.03. The number of oxazole rings is 1. The zero-order valence-electron chi connectivity index (χ0n) is 9.13. The molecule has 0 radical (unpaired) electrons. The molecule has 1 aromatic heterocycles. The van der Waals surface area contributed by atoms with Gasteiger partial charge in [-0.1, -0.05) is 13.8 Å². The second kappa shape index (κ2) is 4.66. The number of hydrogen-bond donors (Lipinski definition) is 1. The van der Waals surface area contributed by atoms with Crippen LogP contribution >= 0.6 is 11.6 Å². The molecule has 15 heavy (non-hydrogen) atoms. The fourth-order valence-electron chi connectivity index (χ4n) is 0.967. The second-order valence-corrected chi connectivity index (χ2v) is 4.51. The van der Waals surface area contributed by atoms with E-state index in [-0.39, 0.29) is 17.1 Å². The first-order chi connectivity index (χ1) is 6.96. The normalized spacial score (nSPS) is 11.5. The van der Waals surface area contributed by atoms with Gasteiger partial charge < -0.3 is 9.73 Å². The molecule has 0 aromatic carbocycles. The molecule has 0 aliphatic rings. The van der Waals surface area contributed by atoms with Gasteiger partial charge in [-0.15, -0.1) is 11.6 Å². The van der Waals surface area contributed by atoms with Gasteiger partial charge in [0.05, 0.1) is 5.69 Å². The van der Waals surface area contributed by atoms with Crippen molar-refractivity contribution in [3.8, 4) is 0 Å². The molecule has 4 nitrogen and oxygen atoms in total. The molecule has 0 saturated carbocycles. The van der Waals surface area contributed by atoms with E-state index in [1.807, 2.05) is 13.8 Å². The molecule has 1 heterocycles. The molecular formula is C10H15ClN2O2. The van der Waals surface area contributed by atoms with Crippen molar-refractivity contribution in [2.24, 2.45) is 5.41 Å². The van der Waals surface area contributed by atoms with Crippen LogP contribution in [0.1, 0.15) is 30.1 Å².